The van der Waals surface area contributed by atoms with Crippen LogP contribution in [0.3, 0.4) is 0 Å². The van der Waals surface area contributed by atoms with Crippen LogP contribution in [0.1, 0.15) is 0 Å². The van der Waals surface area contributed by atoms with Gasteiger partial charge in [0, 0.05) is 4.47 Å². The molecule has 1 aromatic carbocycles. The van der Waals surface area contributed by atoms with Crippen LogP contribution >= 0.6 is 15.9 Å². The molecule has 1 unspecified atom stereocenters. The Kier molecular flexibility index (Phi) is 4.33. The quantitative estimate of drug-likeness (QED) is 0.698. The summed E-state index contributed by atoms with van der Waals surface area (Å²) in [5.41, 5.74) is 0.753. The van der Waals surface area contributed by atoms with Crippen molar-refractivity contribution in [3.63, 3.8) is 0 Å². The van der Waals surface area contributed by atoms with Crippen molar-refractivity contribution >= 4 is 33.4 Å². The molecule has 0 saturated carbocycles. The third kappa shape index (κ3) is 3.54. The second-order valence-electron chi connectivity index (χ2n) is 4.23. The van der Waals surface area contributed by atoms with Gasteiger partial charge in [0.05, 0.1) is 18.8 Å². The summed E-state index contributed by atoms with van der Waals surface area (Å²) < 4.78 is 0.852. The van der Waals surface area contributed by atoms with E-state index in [4.69, 9.17) is 0 Å². The molecule has 18 heavy (non-hydrogen) atoms. The SMILES string of the molecule is O=C1C[NH+](CC(=O)Nc2ccccc2Br)CCN1. The molecule has 0 spiro atoms. The predicted molar refractivity (Wildman–Crippen MR) is 71.3 cm³/mol. The molecule has 1 aliphatic rings. The number of piperazine rings is 1. The van der Waals surface area contributed by atoms with E-state index in [1.807, 2.05) is 24.3 Å². The molecule has 96 valence electrons. The Balaban J connectivity index is 1.89. The lowest BCUT2D eigenvalue weighted by atomic mass is 10.3. The van der Waals surface area contributed by atoms with Crippen LogP contribution in [0.5, 0.6) is 0 Å². The van der Waals surface area contributed by atoms with E-state index in [9.17, 15) is 9.59 Å². The van der Waals surface area contributed by atoms with Crippen LogP contribution in [-0.4, -0.2) is 38.0 Å². The third-order valence-corrected chi connectivity index (χ3v) is 3.46. The molecule has 1 saturated heterocycles. The Labute approximate surface area is 114 Å². The standard InChI is InChI=1S/C12H14BrN3O2/c13-9-3-1-2-4-10(9)15-12(18)8-16-6-5-14-11(17)7-16/h1-4H,5-8H2,(H,14,17)(H,15,18)/p+1. The molecular formula is C12H15BrN3O2+. The molecular weight excluding hydrogens is 298 g/mol. The lowest BCUT2D eigenvalue weighted by Crippen LogP contribution is -3.16. The molecule has 1 atom stereocenters. The van der Waals surface area contributed by atoms with Gasteiger partial charge in [0.25, 0.3) is 11.8 Å². The van der Waals surface area contributed by atoms with Gasteiger partial charge in [-0.25, -0.2) is 0 Å². The molecule has 1 fully saturated rings. The lowest BCUT2D eigenvalue weighted by Gasteiger charge is -2.23. The molecule has 0 aliphatic carbocycles. The highest BCUT2D eigenvalue weighted by atomic mass is 79.9. The monoisotopic (exact) mass is 312 g/mol. The van der Waals surface area contributed by atoms with E-state index < -0.39 is 0 Å². The summed E-state index contributed by atoms with van der Waals surface area (Å²) in [4.78, 5) is 24.0. The minimum absolute atomic E-state index is 0.00458. The summed E-state index contributed by atoms with van der Waals surface area (Å²) in [6.07, 6.45) is 0. The van der Waals surface area contributed by atoms with Crippen molar-refractivity contribution in [2.45, 2.75) is 0 Å². The molecule has 2 amide bonds. The number of halogens is 1. The lowest BCUT2D eigenvalue weighted by molar-refractivity contribution is -0.885. The minimum atomic E-state index is -0.0772. The van der Waals surface area contributed by atoms with Crippen molar-refractivity contribution in [3.05, 3.63) is 28.7 Å². The highest BCUT2D eigenvalue weighted by molar-refractivity contribution is 9.10. The third-order valence-electron chi connectivity index (χ3n) is 2.77. The van der Waals surface area contributed by atoms with E-state index in [1.54, 1.807) is 0 Å². The molecule has 0 aromatic heterocycles. The zero-order chi connectivity index (χ0) is 13.0. The van der Waals surface area contributed by atoms with E-state index >= 15 is 0 Å². The van der Waals surface area contributed by atoms with Crippen LogP contribution in [0.4, 0.5) is 5.69 Å². The number of amides is 2. The van der Waals surface area contributed by atoms with Gasteiger partial charge >= 0.3 is 0 Å². The second-order valence-corrected chi connectivity index (χ2v) is 5.09. The Hall–Kier alpha value is -1.40. The fourth-order valence-corrected chi connectivity index (χ4v) is 2.28. The van der Waals surface area contributed by atoms with Crippen LogP contribution in [0, 0.1) is 0 Å². The smallest absolute Gasteiger partial charge is 0.279 e. The summed E-state index contributed by atoms with van der Waals surface area (Å²) in [5, 5.41) is 5.58. The topological polar surface area (TPSA) is 62.6 Å². The first kappa shape index (κ1) is 13.0. The number of anilines is 1. The van der Waals surface area contributed by atoms with Gasteiger partial charge in [-0.3, -0.25) is 9.59 Å². The van der Waals surface area contributed by atoms with Crippen LogP contribution in [0.2, 0.25) is 0 Å². The molecule has 0 radical (unpaired) electrons. The highest BCUT2D eigenvalue weighted by Gasteiger charge is 2.22. The number of rotatable bonds is 3. The minimum Gasteiger partial charge on any atom is -0.346 e. The number of benzene rings is 1. The van der Waals surface area contributed by atoms with Gasteiger partial charge in [-0.2, -0.15) is 0 Å². The van der Waals surface area contributed by atoms with Crippen LogP contribution in [0.25, 0.3) is 0 Å². The average molecular weight is 313 g/mol. The van der Waals surface area contributed by atoms with Gasteiger partial charge in [-0.05, 0) is 28.1 Å². The van der Waals surface area contributed by atoms with E-state index in [-0.39, 0.29) is 11.8 Å². The van der Waals surface area contributed by atoms with E-state index in [0.29, 0.717) is 19.6 Å². The normalized spacial score (nSPS) is 19.2. The van der Waals surface area contributed by atoms with Crippen molar-refractivity contribution in [2.24, 2.45) is 0 Å². The van der Waals surface area contributed by atoms with E-state index in [0.717, 1.165) is 21.6 Å². The molecule has 1 heterocycles. The molecule has 3 N–H and O–H groups in total. The number of hydrogen-bond acceptors (Lipinski definition) is 2. The molecule has 6 heteroatoms. The Bertz CT molecular complexity index is 464. The van der Waals surface area contributed by atoms with E-state index in [1.165, 1.54) is 0 Å². The van der Waals surface area contributed by atoms with Crippen molar-refractivity contribution in [1.82, 2.24) is 5.32 Å². The fraction of sp³-hybridized carbons (Fsp3) is 0.333. The van der Waals surface area contributed by atoms with Crippen molar-refractivity contribution in [2.75, 3.05) is 31.5 Å². The second kappa shape index (κ2) is 5.97. The molecule has 2 rings (SSSR count). The molecule has 5 nitrogen and oxygen atoms in total. The van der Waals surface area contributed by atoms with Gasteiger partial charge in [-0.15, -0.1) is 0 Å². The summed E-state index contributed by atoms with van der Waals surface area (Å²) in [5.74, 6) is -0.0726. The maximum absolute atomic E-state index is 11.9. The number of hydrogen-bond donors (Lipinski definition) is 3. The Morgan fingerprint density at radius 3 is 2.94 bits per heavy atom. The van der Waals surface area contributed by atoms with Crippen molar-refractivity contribution < 1.29 is 14.5 Å². The zero-order valence-electron chi connectivity index (χ0n) is 9.83. The number of carbonyl (C=O) groups is 2. The van der Waals surface area contributed by atoms with Gasteiger partial charge in [0.1, 0.15) is 0 Å². The van der Waals surface area contributed by atoms with Gasteiger partial charge < -0.3 is 15.5 Å². The van der Waals surface area contributed by atoms with Crippen molar-refractivity contribution in [1.29, 1.82) is 0 Å². The van der Waals surface area contributed by atoms with Gasteiger partial charge in [0.15, 0.2) is 13.1 Å². The number of quaternary nitrogens is 1. The van der Waals surface area contributed by atoms with Gasteiger partial charge in [0.2, 0.25) is 0 Å². The molecule has 1 aromatic rings. The first-order chi connectivity index (χ1) is 8.65. The van der Waals surface area contributed by atoms with Crippen LogP contribution < -0.4 is 15.5 Å². The first-order valence-corrected chi connectivity index (χ1v) is 6.59. The largest absolute Gasteiger partial charge is 0.346 e. The number of nitrogens with one attached hydrogen (secondary N) is 3. The Morgan fingerprint density at radius 1 is 1.44 bits per heavy atom. The maximum Gasteiger partial charge on any atom is 0.279 e. The Morgan fingerprint density at radius 2 is 2.22 bits per heavy atom. The number of para-hydroxylation sites is 1. The summed E-state index contributed by atoms with van der Waals surface area (Å²) >= 11 is 3.37. The zero-order valence-corrected chi connectivity index (χ0v) is 11.4. The fourth-order valence-electron chi connectivity index (χ4n) is 1.89. The average Bonchev–Trinajstić information content (AvgIpc) is 2.32. The maximum atomic E-state index is 11.9. The number of carbonyl (C=O) groups excluding carboxylic acids is 2. The summed E-state index contributed by atoms with van der Waals surface area (Å²) in [7, 11) is 0. The van der Waals surface area contributed by atoms with E-state index in [2.05, 4.69) is 26.6 Å². The highest BCUT2D eigenvalue weighted by Crippen LogP contribution is 2.20. The van der Waals surface area contributed by atoms with Crippen LogP contribution in [-0.2, 0) is 9.59 Å². The first-order valence-electron chi connectivity index (χ1n) is 5.80. The summed E-state index contributed by atoms with van der Waals surface area (Å²) in [6, 6.07) is 7.46. The van der Waals surface area contributed by atoms with Gasteiger partial charge in [-0.1, -0.05) is 12.1 Å². The molecule has 0 bridgehead atoms. The summed E-state index contributed by atoms with van der Waals surface area (Å²) in [6.45, 7) is 2.10. The van der Waals surface area contributed by atoms with Crippen LogP contribution in [0.15, 0.2) is 28.7 Å². The predicted octanol–water partition coefficient (Wildman–Crippen LogP) is -0.598. The van der Waals surface area contributed by atoms with Crippen molar-refractivity contribution in [3.8, 4) is 0 Å². The molecule has 1 aliphatic heterocycles.